The number of nitrogens with zero attached hydrogens (tertiary/aromatic N) is 1. The first kappa shape index (κ1) is 21.7. The Balaban J connectivity index is 1.20. The van der Waals surface area contributed by atoms with Crippen LogP contribution in [0.1, 0.15) is 41.0 Å². The highest BCUT2D eigenvalue weighted by Crippen LogP contribution is 2.44. The van der Waals surface area contributed by atoms with Crippen LogP contribution in [0.3, 0.4) is 0 Å². The molecule has 4 nitrogen and oxygen atoms in total. The largest absolute Gasteiger partial charge is 0.586 e. The van der Waals surface area contributed by atoms with Crippen molar-refractivity contribution >= 4 is 17.8 Å². The molecule has 0 radical (unpaired) electrons. The number of rotatable bonds is 4. The Labute approximate surface area is 202 Å². The lowest BCUT2D eigenvalue weighted by molar-refractivity contribution is -0.286. The van der Waals surface area contributed by atoms with Gasteiger partial charge in [0.05, 0.1) is 0 Å². The van der Waals surface area contributed by atoms with E-state index < -0.39 is 6.29 Å². The van der Waals surface area contributed by atoms with Crippen LogP contribution in [0.4, 0.5) is 14.5 Å². The Morgan fingerprint density at radius 2 is 1.56 bits per heavy atom. The number of aryl methyl sites for hydroxylation is 2. The molecule has 176 valence electrons. The molecule has 1 atom stereocenters. The summed E-state index contributed by atoms with van der Waals surface area (Å²) in [7, 11) is 0. The Bertz CT molecular complexity index is 1160. The predicted molar refractivity (Wildman–Crippen MR) is 130 cm³/mol. The second-order valence-electron chi connectivity index (χ2n) is 9.19. The van der Waals surface area contributed by atoms with Crippen molar-refractivity contribution in [3.63, 3.8) is 0 Å². The summed E-state index contributed by atoms with van der Waals surface area (Å²) in [5.41, 5.74) is 6.56. The summed E-state index contributed by atoms with van der Waals surface area (Å²) >= 11 is 1.53. The van der Waals surface area contributed by atoms with E-state index in [9.17, 15) is 8.78 Å². The van der Waals surface area contributed by atoms with Gasteiger partial charge in [0.15, 0.2) is 11.5 Å². The second kappa shape index (κ2) is 8.78. The van der Waals surface area contributed by atoms with Crippen LogP contribution in [0.2, 0.25) is 0 Å². The SMILES string of the molecule is FC1(F)Oc2ccc(NSN3CCCC(C4c5ccccc5CCc5ccccc54)C3)cc2O1. The Kier molecular flexibility index (Phi) is 5.62. The summed E-state index contributed by atoms with van der Waals surface area (Å²) in [6, 6.07) is 22.6. The van der Waals surface area contributed by atoms with Gasteiger partial charge in [0.25, 0.3) is 0 Å². The highest BCUT2D eigenvalue weighted by Gasteiger charge is 2.43. The number of hydrogen-bond donors (Lipinski definition) is 1. The molecule has 0 amide bonds. The molecule has 3 aromatic carbocycles. The van der Waals surface area contributed by atoms with Crippen molar-refractivity contribution in [1.82, 2.24) is 4.31 Å². The van der Waals surface area contributed by atoms with E-state index >= 15 is 0 Å². The second-order valence-corrected chi connectivity index (χ2v) is 10.1. The minimum absolute atomic E-state index is 0.0544. The fraction of sp³-hybridized carbons (Fsp3) is 0.333. The molecular weight excluding hydrogens is 454 g/mol. The number of alkyl halides is 2. The van der Waals surface area contributed by atoms with Gasteiger partial charge in [-0.1, -0.05) is 48.5 Å². The molecule has 0 bridgehead atoms. The van der Waals surface area contributed by atoms with Crippen molar-refractivity contribution in [2.75, 3.05) is 17.8 Å². The third-order valence-corrected chi connectivity index (χ3v) is 7.95. The van der Waals surface area contributed by atoms with Crippen LogP contribution < -0.4 is 14.2 Å². The first-order chi connectivity index (χ1) is 16.6. The fourth-order valence-electron chi connectivity index (χ4n) is 5.53. The summed E-state index contributed by atoms with van der Waals surface area (Å²) in [6.45, 7) is 1.93. The molecule has 0 spiro atoms. The number of nitrogens with one attached hydrogen (secondary N) is 1. The average molecular weight is 481 g/mol. The number of halogens is 2. The molecule has 1 aliphatic carbocycles. The maximum atomic E-state index is 13.3. The smallest absolute Gasteiger partial charge is 0.395 e. The van der Waals surface area contributed by atoms with Crippen LogP contribution >= 0.6 is 12.1 Å². The van der Waals surface area contributed by atoms with E-state index in [1.165, 1.54) is 46.9 Å². The van der Waals surface area contributed by atoms with Gasteiger partial charge in [-0.25, -0.2) is 4.31 Å². The molecule has 0 saturated carbocycles. The number of anilines is 1. The zero-order valence-corrected chi connectivity index (χ0v) is 19.5. The summed E-state index contributed by atoms with van der Waals surface area (Å²) in [6.07, 6.45) is 0.871. The maximum absolute atomic E-state index is 13.3. The molecule has 34 heavy (non-hydrogen) atoms. The quantitative estimate of drug-likeness (QED) is 0.424. The van der Waals surface area contributed by atoms with Gasteiger partial charge in [-0.3, -0.25) is 0 Å². The van der Waals surface area contributed by atoms with Gasteiger partial charge >= 0.3 is 6.29 Å². The van der Waals surface area contributed by atoms with Gasteiger partial charge in [-0.15, -0.1) is 8.78 Å². The molecule has 1 unspecified atom stereocenters. The van der Waals surface area contributed by atoms with Crippen molar-refractivity contribution in [3.05, 3.63) is 89.0 Å². The molecule has 2 aliphatic heterocycles. The van der Waals surface area contributed by atoms with Crippen molar-refractivity contribution in [1.29, 1.82) is 0 Å². The van der Waals surface area contributed by atoms with Crippen LogP contribution in [-0.4, -0.2) is 23.7 Å². The van der Waals surface area contributed by atoms with Crippen LogP contribution in [0, 0.1) is 5.92 Å². The summed E-state index contributed by atoms with van der Waals surface area (Å²) in [4.78, 5) is 0. The van der Waals surface area contributed by atoms with Crippen LogP contribution in [0.15, 0.2) is 66.7 Å². The maximum Gasteiger partial charge on any atom is 0.586 e. The predicted octanol–water partition coefficient (Wildman–Crippen LogP) is 6.63. The summed E-state index contributed by atoms with van der Waals surface area (Å²) < 4.78 is 41.4. The van der Waals surface area contributed by atoms with Gasteiger partial charge < -0.3 is 14.2 Å². The molecule has 3 aliphatic rings. The number of fused-ring (bicyclic) bond motifs is 3. The first-order valence-corrected chi connectivity index (χ1v) is 12.6. The molecule has 1 fully saturated rings. The highest BCUT2D eigenvalue weighted by atomic mass is 32.2. The lowest BCUT2D eigenvalue weighted by atomic mass is 9.76. The van der Waals surface area contributed by atoms with E-state index in [1.54, 1.807) is 12.1 Å². The third-order valence-electron chi connectivity index (χ3n) is 7.03. The summed E-state index contributed by atoms with van der Waals surface area (Å²) in [5.74, 6) is 0.994. The van der Waals surface area contributed by atoms with E-state index in [4.69, 9.17) is 0 Å². The fourth-order valence-corrected chi connectivity index (χ4v) is 6.38. The molecule has 1 N–H and O–H groups in total. The van der Waals surface area contributed by atoms with Crippen LogP contribution in [0.5, 0.6) is 11.5 Å². The minimum atomic E-state index is -3.60. The zero-order chi connectivity index (χ0) is 23.1. The Hall–Kier alpha value is -2.77. The van der Waals surface area contributed by atoms with E-state index in [2.05, 4.69) is 67.0 Å². The lowest BCUT2D eigenvalue weighted by Gasteiger charge is -2.37. The molecular formula is C27H26F2N2O2S. The molecule has 6 rings (SSSR count). The van der Waals surface area contributed by atoms with Crippen molar-refractivity contribution in [2.24, 2.45) is 5.92 Å². The molecule has 0 aromatic heterocycles. The number of piperidine rings is 1. The Morgan fingerprint density at radius 1 is 0.882 bits per heavy atom. The van der Waals surface area contributed by atoms with Crippen molar-refractivity contribution in [2.45, 2.75) is 37.9 Å². The van der Waals surface area contributed by atoms with Gasteiger partial charge in [0.2, 0.25) is 0 Å². The topological polar surface area (TPSA) is 33.7 Å². The van der Waals surface area contributed by atoms with E-state index in [0.717, 1.165) is 32.4 Å². The van der Waals surface area contributed by atoms with E-state index in [0.29, 0.717) is 17.5 Å². The minimum Gasteiger partial charge on any atom is -0.395 e. The number of benzene rings is 3. The van der Waals surface area contributed by atoms with Gasteiger partial charge in [0, 0.05) is 42.9 Å². The number of ether oxygens (including phenoxy) is 2. The van der Waals surface area contributed by atoms with Gasteiger partial charge in [-0.05, 0) is 66.0 Å². The molecule has 1 saturated heterocycles. The van der Waals surface area contributed by atoms with Crippen LogP contribution in [-0.2, 0) is 12.8 Å². The standard InChI is InChI=1S/C27H26F2N2O2S/c28-27(29)32-24-14-13-21(16-25(24)33-27)30-34-31-15-5-8-20(17-31)26-22-9-3-1-6-18(22)11-12-19-7-2-4-10-23(19)26/h1-4,6-7,9-10,13-14,16,20,26,30H,5,8,11-12,15,17H2. The van der Waals surface area contributed by atoms with E-state index in [1.807, 2.05) is 0 Å². The third kappa shape index (κ3) is 4.23. The Morgan fingerprint density at radius 3 is 2.29 bits per heavy atom. The zero-order valence-electron chi connectivity index (χ0n) is 18.7. The normalized spacial score (nSPS) is 21.4. The molecule has 2 heterocycles. The van der Waals surface area contributed by atoms with Crippen molar-refractivity contribution < 1.29 is 18.3 Å². The van der Waals surface area contributed by atoms with Gasteiger partial charge in [-0.2, -0.15) is 0 Å². The summed E-state index contributed by atoms with van der Waals surface area (Å²) in [5, 5.41) is 0. The first-order valence-electron chi connectivity index (χ1n) is 11.8. The molecule has 7 heteroatoms. The average Bonchev–Trinajstić information content (AvgIpc) is 3.05. The highest BCUT2D eigenvalue weighted by molar-refractivity contribution is 7.98. The lowest BCUT2D eigenvalue weighted by Crippen LogP contribution is -2.35. The monoisotopic (exact) mass is 480 g/mol. The number of hydrogen-bond acceptors (Lipinski definition) is 5. The van der Waals surface area contributed by atoms with Crippen molar-refractivity contribution in [3.8, 4) is 11.5 Å². The van der Waals surface area contributed by atoms with Gasteiger partial charge in [0.1, 0.15) is 0 Å². The van der Waals surface area contributed by atoms with E-state index in [-0.39, 0.29) is 11.5 Å². The van der Waals surface area contributed by atoms with Crippen LogP contribution in [0.25, 0.3) is 0 Å². The molecule has 3 aromatic rings.